The van der Waals surface area contributed by atoms with E-state index >= 15 is 0 Å². The Morgan fingerprint density at radius 1 is 1.69 bits per heavy atom. The van der Waals surface area contributed by atoms with Gasteiger partial charge in [0.15, 0.2) is 0 Å². The zero-order valence-electron chi connectivity index (χ0n) is 7.49. The van der Waals surface area contributed by atoms with Crippen LogP contribution in [-0.4, -0.2) is 35.7 Å². The quantitative estimate of drug-likeness (QED) is 0.539. The fourth-order valence-corrected chi connectivity index (χ4v) is 2.05. The summed E-state index contributed by atoms with van der Waals surface area (Å²) in [6.07, 6.45) is 0.0255. The van der Waals surface area contributed by atoms with Gasteiger partial charge in [0.05, 0.1) is 18.3 Å². The van der Waals surface area contributed by atoms with Crippen molar-refractivity contribution in [2.24, 2.45) is 0 Å². The lowest BCUT2D eigenvalue weighted by atomic mass is 10.4. The monoisotopic (exact) mass is 224 g/mol. The zero-order valence-corrected chi connectivity index (χ0v) is 9.07. The highest BCUT2D eigenvalue weighted by atomic mass is 35.5. The molecule has 0 aromatic carbocycles. The van der Waals surface area contributed by atoms with Gasteiger partial charge in [-0.15, -0.1) is 11.6 Å². The standard InChI is InChI=1S/C8H13ClO3S/c1-6-4-13-5-8(11-6)12-7(10)2-3-9/h6,8H,2-5H2,1H3. The molecule has 1 aliphatic rings. The highest BCUT2D eigenvalue weighted by molar-refractivity contribution is 7.99. The van der Waals surface area contributed by atoms with E-state index in [-0.39, 0.29) is 24.8 Å². The van der Waals surface area contributed by atoms with Gasteiger partial charge in [-0.3, -0.25) is 4.79 Å². The molecule has 2 atom stereocenters. The molecule has 1 rings (SSSR count). The van der Waals surface area contributed by atoms with Crippen LogP contribution < -0.4 is 0 Å². The summed E-state index contributed by atoms with van der Waals surface area (Å²) in [7, 11) is 0. The highest BCUT2D eigenvalue weighted by Crippen LogP contribution is 2.18. The smallest absolute Gasteiger partial charge is 0.309 e. The molecular formula is C8H13ClO3S. The summed E-state index contributed by atoms with van der Waals surface area (Å²) in [5.74, 6) is 1.70. The number of carbonyl (C=O) groups is 1. The van der Waals surface area contributed by atoms with Gasteiger partial charge >= 0.3 is 5.97 Å². The second-order valence-corrected chi connectivity index (χ2v) is 4.30. The van der Waals surface area contributed by atoms with E-state index in [1.54, 1.807) is 11.8 Å². The molecule has 1 aliphatic heterocycles. The van der Waals surface area contributed by atoms with E-state index in [4.69, 9.17) is 21.1 Å². The molecule has 0 amide bonds. The molecule has 0 N–H and O–H groups in total. The van der Waals surface area contributed by atoms with Gasteiger partial charge in [0, 0.05) is 11.6 Å². The van der Waals surface area contributed by atoms with Crippen molar-refractivity contribution < 1.29 is 14.3 Å². The number of carbonyl (C=O) groups excluding carboxylic acids is 1. The minimum Gasteiger partial charge on any atom is -0.435 e. The summed E-state index contributed by atoms with van der Waals surface area (Å²) >= 11 is 7.13. The van der Waals surface area contributed by atoms with Crippen LogP contribution in [0.5, 0.6) is 0 Å². The Balaban J connectivity index is 2.23. The van der Waals surface area contributed by atoms with Crippen LogP contribution in [0.2, 0.25) is 0 Å². The number of hydrogen-bond donors (Lipinski definition) is 0. The van der Waals surface area contributed by atoms with Gasteiger partial charge in [0.25, 0.3) is 0 Å². The van der Waals surface area contributed by atoms with Gasteiger partial charge in [0.2, 0.25) is 6.29 Å². The minimum atomic E-state index is -0.385. The zero-order chi connectivity index (χ0) is 9.68. The lowest BCUT2D eigenvalue weighted by molar-refractivity contribution is -0.180. The number of thioether (sulfide) groups is 1. The molecule has 0 aliphatic carbocycles. The molecule has 13 heavy (non-hydrogen) atoms. The van der Waals surface area contributed by atoms with Crippen LogP contribution in [-0.2, 0) is 14.3 Å². The Morgan fingerprint density at radius 3 is 3.08 bits per heavy atom. The SMILES string of the molecule is CC1CSCC(OC(=O)CCCl)O1. The summed E-state index contributed by atoms with van der Waals surface area (Å²) < 4.78 is 10.4. The third-order valence-corrected chi connectivity index (χ3v) is 2.95. The molecule has 1 saturated heterocycles. The van der Waals surface area contributed by atoms with Crippen LogP contribution in [0.1, 0.15) is 13.3 Å². The first-order valence-electron chi connectivity index (χ1n) is 4.21. The summed E-state index contributed by atoms with van der Waals surface area (Å²) in [6, 6.07) is 0. The fraction of sp³-hybridized carbons (Fsp3) is 0.875. The van der Waals surface area contributed by atoms with Crippen molar-refractivity contribution >= 4 is 29.3 Å². The Hall–Kier alpha value is 0.0700. The molecule has 0 aromatic rings. The lowest BCUT2D eigenvalue weighted by Gasteiger charge is -2.26. The van der Waals surface area contributed by atoms with Crippen LogP contribution >= 0.6 is 23.4 Å². The Bertz CT molecular complexity index is 177. The second kappa shape index (κ2) is 5.73. The molecule has 0 radical (unpaired) electrons. The molecule has 0 aromatic heterocycles. The van der Waals surface area contributed by atoms with Crippen LogP contribution in [0.3, 0.4) is 0 Å². The van der Waals surface area contributed by atoms with E-state index < -0.39 is 0 Å². The third-order valence-electron chi connectivity index (χ3n) is 1.55. The molecule has 1 fully saturated rings. The first-order valence-corrected chi connectivity index (χ1v) is 5.90. The lowest BCUT2D eigenvalue weighted by Crippen LogP contribution is -2.33. The number of rotatable bonds is 3. The van der Waals surface area contributed by atoms with Gasteiger partial charge < -0.3 is 9.47 Å². The molecule has 0 bridgehead atoms. The molecule has 2 unspecified atom stereocenters. The Labute approximate surface area is 87.1 Å². The number of esters is 1. The first kappa shape index (κ1) is 11.1. The maximum atomic E-state index is 11.0. The van der Waals surface area contributed by atoms with Crippen LogP contribution in [0.4, 0.5) is 0 Å². The van der Waals surface area contributed by atoms with E-state index in [1.165, 1.54) is 0 Å². The van der Waals surface area contributed by atoms with Crippen LogP contribution in [0.25, 0.3) is 0 Å². The Morgan fingerprint density at radius 2 is 2.46 bits per heavy atom. The summed E-state index contributed by atoms with van der Waals surface area (Å²) in [5.41, 5.74) is 0. The van der Waals surface area contributed by atoms with E-state index in [0.29, 0.717) is 5.88 Å². The van der Waals surface area contributed by atoms with Gasteiger partial charge in [-0.25, -0.2) is 0 Å². The minimum absolute atomic E-state index is 0.160. The fourth-order valence-electron chi connectivity index (χ4n) is 1.01. The van der Waals surface area contributed by atoms with Crippen LogP contribution in [0, 0.1) is 0 Å². The molecular weight excluding hydrogens is 212 g/mol. The summed E-state index contributed by atoms with van der Waals surface area (Å²) in [5, 5.41) is 0. The summed E-state index contributed by atoms with van der Waals surface area (Å²) in [6.45, 7) is 1.97. The topological polar surface area (TPSA) is 35.5 Å². The second-order valence-electron chi connectivity index (χ2n) is 2.84. The van der Waals surface area contributed by atoms with Crippen molar-refractivity contribution in [1.82, 2.24) is 0 Å². The van der Waals surface area contributed by atoms with Crippen molar-refractivity contribution in [2.75, 3.05) is 17.4 Å². The highest BCUT2D eigenvalue weighted by Gasteiger charge is 2.22. The molecule has 0 saturated carbocycles. The van der Waals surface area contributed by atoms with Gasteiger partial charge in [-0.2, -0.15) is 11.8 Å². The summed E-state index contributed by atoms with van der Waals surface area (Å²) in [4.78, 5) is 11.0. The Kier molecular flexibility index (Phi) is 4.91. The predicted molar refractivity (Wildman–Crippen MR) is 53.1 cm³/mol. The first-order chi connectivity index (χ1) is 6.22. The van der Waals surface area contributed by atoms with Crippen molar-refractivity contribution in [1.29, 1.82) is 0 Å². The van der Waals surface area contributed by atoms with E-state index in [2.05, 4.69) is 0 Å². The molecule has 5 heteroatoms. The maximum Gasteiger partial charge on any atom is 0.309 e. The van der Waals surface area contributed by atoms with Crippen molar-refractivity contribution in [3.63, 3.8) is 0 Å². The van der Waals surface area contributed by atoms with Gasteiger partial charge in [-0.05, 0) is 6.92 Å². The molecule has 76 valence electrons. The largest absolute Gasteiger partial charge is 0.435 e. The van der Waals surface area contributed by atoms with E-state index in [1.807, 2.05) is 6.92 Å². The van der Waals surface area contributed by atoms with Crippen molar-refractivity contribution in [2.45, 2.75) is 25.7 Å². The average molecular weight is 225 g/mol. The van der Waals surface area contributed by atoms with Crippen molar-refractivity contribution in [3.05, 3.63) is 0 Å². The number of hydrogen-bond acceptors (Lipinski definition) is 4. The van der Waals surface area contributed by atoms with Crippen LogP contribution in [0.15, 0.2) is 0 Å². The molecule has 0 spiro atoms. The number of ether oxygens (including phenoxy) is 2. The molecule has 1 heterocycles. The van der Waals surface area contributed by atoms with Gasteiger partial charge in [-0.1, -0.05) is 0 Å². The third kappa shape index (κ3) is 4.20. The van der Waals surface area contributed by atoms with E-state index in [0.717, 1.165) is 11.5 Å². The number of halogens is 1. The average Bonchev–Trinajstić information content (AvgIpc) is 2.04. The van der Waals surface area contributed by atoms with Crippen molar-refractivity contribution in [3.8, 4) is 0 Å². The van der Waals surface area contributed by atoms with Gasteiger partial charge in [0.1, 0.15) is 0 Å². The maximum absolute atomic E-state index is 11.0. The normalized spacial score (nSPS) is 28.5. The molecule has 3 nitrogen and oxygen atoms in total. The van der Waals surface area contributed by atoms with E-state index in [9.17, 15) is 4.79 Å². The predicted octanol–water partition coefficient (Wildman–Crippen LogP) is 1.64. The number of alkyl halides is 1.